The van der Waals surface area contributed by atoms with Gasteiger partial charge in [0.1, 0.15) is 5.56 Å². The van der Waals surface area contributed by atoms with E-state index in [9.17, 15) is 9.59 Å². The average Bonchev–Trinajstić information content (AvgIpc) is 2.29. The van der Waals surface area contributed by atoms with Gasteiger partial charge in [-0.2, -0.15) is 0 Å². The first kappa shape index (κ1) is 10.9. The first-order valence-electron chi connectivity index (χ1n) is 5.23. The summed E-state index contributed by atoms with van der Waals surface area (Å²) < 4.78 is 5.32. The molecule has 5 nitrogen and oxygen atoms in total. The van der Waals surface area contributed by atoms with Crippen LogP contribution in [0.4, 0.5) is 0 Å². The highest BCUT2D eigenvalue weighted by molar-refractivity contribution is 5.86. The van der Waals surface area contributed by atoms with Gasteiger partial charge >= 0.3 is 5.97 Å². The summed E-state index contributed by atoms with van der Waals surface area (Å²) in [6, 6.07) is 3.01. The molecule has 16 heavy (non-hydrogen) atoms. The van der Waals surface area contributed by atoms with Crippen molar-refractivity contribution in [1.29, 1.82) is 0 Å². The lowest BCUT2D eigenvalue weighted by Crippen LogP contribution is -2.23. The van der Waals surface area contributed by atoms with Crippen LogP contribution in [0.25, 0.3) is 0 Å². The zero-order chi connectivity index (χ0) is 11.5. The first-order chi connectivity index (χ1) is 7.68. The van der Waals surface area contributed by atoms with Crippen LogP contribution in [0.15, 0.2) is 16.9 Å². The second-order valence-corrected chi connectivity index (χ2v) is 3.88. The Morgan fingerprint density at radius 1 is 1.50 bits per heavy atom. The van der Waals surface area contributed by atoms with E-state index in [0.29, 0.717) is 6.61 Å². The number of carboxylic acids is 1. The van der Waals surface area contributed by atoms with Gasteiger partial charge in [0.15, 0.2) is 0 Å². The molecule has 0 aliphatic carbocycles. The molecule has 2 heterocycles. The minimum Gasteiger partial charge on any atom is -0.477 e. The third kappa shape index (κ3) is 2.14. The van der Waals surface area contributed by atoms with E-state index >= 15 is 0 Å². The summed E-state index contributed by atoms with van der Waals surface area (Å²) in [7, 11) is 0. The Kier molecular flexibility index (Phi) is 3.05. The Labute approximate surface area is 92.1 Å². The number of hydrogen-bond donors (Lipinski definition) is 2. The fourth-order valence-corrected chi connectivity index (χ4v) is 1.88. The summed E-state index contributed by atoms with van der Waals surface area (Å²) in [4.78, 5) is 24.7. The Bertz CT molecular complexity index is 446. The van der Waals surface area contributed by atoms with Gasteiger partial charge in [-0.05, 0) is 25.0 Å². The van der Waals surface area contributed by atoms with E-state index in [2.05, 4.69) is 4.98 Å². The Hall–Kier alpha value is -1.62. The number of aromatic carboxylic acids is 1. The van der Waals surface area contributed by atoms with Crippen molar-refractivity contribution in [3.8, 4) is 0 Å². The Morgan fingerprint density at radius 3 is 2.88 bits per heavy atom. The fraction of sp³-hybridized carbons (Fsp3) is 0.455. The lowest BCUT2D eigenvalue weighted by Gasteiger charge is -2.21. The highest BCUT2D eigenvalue weighted by atomic mass is 16.5. The molecule has 1 atom stereocenters. The van der Waals surface area contributed by atoms with Crippen molar-refractivity contribution in [1.82, 2.24) is 4.98 Å². The zero-order valence-electron chi connectivity index (χ0n) is 8.73. The van der Waals surface area contributed by atoms with Gasteiger partial charge < -0.3 is 14.8 Å². The molecule has 0 amide bonds. The maximum absolute atomic E-state index is 11.4. The number of aromatic nitrogens is 1. The third-order valence-electron chi connectivity index (χ3n) is 2.76. The average molecular weight is 223 g/mol. The number of rotatable bonds is 2. The zero-order valence-corrected chi connectivity index (χ0v) is 8.73. The van der Waals surface area contributed by atoms with Gasteiger partial charge in [0, 0.05) is 18.2 Å². The summed E-state index contributed by atoms with van der Waals surface area (Å²) in [5.74, 6) is -1.03. The highest BCUT2D eigenvalue weighted by Gasteiger charge is 2.18. The molecule has 1 aromatic heterocycles. The normalized spacial score (nSPS) is 20.6. The lowest BCUT2D eigenvalue weighted by atomic mass is 9.98. The van der Waals surface area contributed by atoms with E-state index in [1.165, 1.54) is 6.07 Å². The van der Waals surface area contributed by atoms with Gasteiger partial charge in [-0.25, -0.2) is 4.79 Å². The molecule has 1 aliphatic heterocycles. The molecule has 86 valence electrons. The molecule has 5 heteroatoms. The van der Waals surface area contributed by atoms with Crippen LogP contribution in [0.2, 0.25) is 0 Å². The van der Waals surface area contributed by atoms with Crippen LogP contribution in [0.5, 0.6) is 0 Å². The van der Waals surface area contributed by atoms with Crippen molar-refractivity contribution in [3.05, 3.63) is 33.7 Å². The molecule has 0 bridgehead atoms. The molecule has 1 unspecified atom stereocenters. The third-order valence-corrected chi connectivity index (χ3v) is 2.76. The van der Waals surface area contributed by atoms with Crippen LogP contribution in [0, 0.1) is 0 Å². The van der Waals surface area contributed by atoms with Crippen molar-refractivity contribution in [2.45, 2.75) is 18.8 Å². The van der Waals surface area contributed by atoms with Crippen LogP contribution < -0.4 is 5.56 Å². The van der Waals surface area contributed by atoms with Crippen LogP contribution in [0.3, 0.4) is 0 Å². The van der Waals surface area contributed by atoms with Gasteiger partial charge in [-0.15, -0.1) is 0 Å². The number of carbonyl (C=O) groups is 1. The maximum atomic E-state index is 11.4. The lowest BCUT2D eigenvalue weighted by molar-refractivity contribution is 0.0694. The van der Waals surface area contributed by atoms with Crippen LogP contribution in [-0.2, 0) is 4.74 Å². The second-order valence-electron chi connectivity index (χ2n) is 3.88. The molecular formula is C11H13NO4. The second kappa shape index (κ2) is 4.49. The molecule has 1 aromatic rings. The van der Waals surface area contributed by atoms with E-state index in [-0.39, 0.29) is 11.5 Å². The predicted molar refractivity (Wildman–Crippen MR) is 56.8 cm³/mol. The van der Waals surface area contributed by atoms with Gasteiger partial charge in [0.2, 0.25) is 0 Å². The number of H-pyrrole nitrogens is 1. The summed E-state index contributed by atoms with van der Waals surface area (Å²) in [6.07, 6.45) is 1.93. The van der Waals surface area contributed by atoms with Gasteiger partial charge in [-0.3, -0.25) is 4.79 Å². The number of aromatic amines is 1. The van der Waals surface area contributed by atoms with Gasteiger partial charge in [0.25, 0.3) is 5.56 Å². The number of hydrogen-bond acceptors (Lipinski definition) is 3. The molecule has 0 saturated carbocycles. The van der Waals surface area contributed by atoms with E-state index < -0.39 is 11.5 Å². The van der Waals surface area contributed by atoms with Gasteiger partial charge in [-0.1, -0.05) is 0 Å². The van der Waals surface area contributed by atoms with Gasteiger partial charge in [0.05, 0.1) is 6.61 Å². The highest BCUT2D eigenvalue weighted by Crippen LogP contribution is 2.22. The minimum absolute atomic E-state index is 0.171. The van der Waals surface area contributed by atoms with E-state index in [1.54, 1.807) is 6.07 Å². The molecule has 1 fully saturated rings. The number of ether oxygens (including phenoxy) is 1. The molecule has 2 rings (SSSR count). The van der Waals surface area contributed by atoms with Crippen molar-refractivity contribution in [2.75, 3.05) is 13.2 Å². The molecule has 0 spiro atoms. The monoisotopic (exact) mass is 223 g/mol. The smallest absolute Gasteiger partial charge is 0.341 e. The minimum atomic E-state index is -1.20. The van der Waals surface area contributed by atoms with Crippen LogP contribution >= 0.6 is 0 Å². The largest absolute Gasteiger partial charge is 0.477 e. The van der Waals surface area contributed by atoms with Crippen molar-refractivity contribution >= 4 is 5.97 Å². The fourth-order valence-electron chi connectivity index (χ4n) is 1.88. The first-order valence-corrected chi connectivity index (χ1v) is 5.23. The van der Waals surface area contributed by atoms with Crippen molar-refractivity contribution in [2.24, 2.45) is 0 Å². The SMILES string of the molecule is O=C(O)c1ccc(C2CCCOC2)[nH]c1=O. The van der Waals surface area contributed by atoms with Crippen LogP contribution in [-0.4, -0.2) is 29.3 Å². The van der Waals surface area contributed by atoms with Crippen molar-refractivity contribution < 1.29 is 14.6 Å². The molecule has 0 aromatic carbocycles. The van der Waals surface area contributed by atoms with E-state index in [4.69, 9.17) is 9.84 Å². The molecular weight excluding hydrogens is 210 g/mol. The van der Waals surface area contributed by atoms with E-state index in [0.717, 1.165) is 25.1 Å². The van der Waals surface area contributed by atoms with E-state index in [1.807, 2.05) is 0 Å². The summed E-state index contributed by atoms with van der Waals surface area (Å²) in [5, 5.41) is 8.72. The topological polar surface area (TPSA) is 79.4 Å². The molecule has 1 aliphatic rings. The van der Waals surface area contributed by atoms with Crippen molar-refractivity contribution in [3.63, 3.8) is 0 Å². The number of carboxylic acid groups (broad SMARTS) is 1. The Balaban J connectivity index is 2.26. The standard InChI is InChI=1S/C11H13NO4/c13-10-8(11(14)15)3-4-9(12-10)7-2-1-5-16-6-7/h3-4,7H,1-2,5-6H2,(H,12,13)(H,14,15). The Morgan fingerprint density at radius 2 is 2.31 bits per heavy atom. The molecule has 2 N–H and O–H groups in total. The molecule has 1 saturated heterocycles. The van der Waals surface area contributed by atoms with Crippen LogP contribution in [0.1, 0.15) is 34.8 Å². The quantitative estimate of drug-likeness (QED) is 0.782. The molecule has 0 radical (unpaired) electrons. The predicted octanol–water partition coefficient (Wildman–Crippen LogP) is 0.967. The summed E-state index contributed by atoms with van der Waals surface area (Å²) in [6.45, 7) is 1.34. The maximum Gasteiger partial charge on any atom is 0.341 e. The summed E-state index contributed by atoms with van der Waals surface area (Å²) in [5.41, 5.74) is -0.00856. The number of pyridine rings is 1. The number of nitrogens with one attached hydrogen (secondary N) is 1. The summed E-state index contributed by atoms with van der Waals surface area (Å²) >= 11 is 0.